The fraction of sp³-hybridized carbons (Fsp3) is 0.538. The number of nitrogens with one attached hydrogen (secondary N) is 2. The summed E-state index contributed by atoms with van der Waals surface area (Å²) in [6.45, 7) is 3.86. The predicted molar refractivity (Wildman–Crippen MR) is 123 cm³/mol. The lowest BCUT2D eigenvalue weighted by molar-refractivity contribution is -0.123. The Morgan fingerprint density at radius 2 is 2.03 bits per heavy atom. The number of hydrogen-bond donors (Lipinski definition) is 2. The van der Waals surface area contributed by atoms with Crippen LogP contribution in [0, 0.1) is 11.3 Å². The van der Waals surface area contributed by atoms with Gasteiger partial charge in [-0.05, 0) is 75.4 Å². The van der Waals surface area contributed by atoms with Gasteiger partial charge in [0.15, 0.2) is 0 Å². The summed E-state index contributed by atoms with van der Waals surface area (Å²) in [6.07, 6.45) is 13.8. The number of amides is 1. The highest BCUT2D eigenvalue weighted by atomic mass is 16.2. The third kappa shape index (κ3) is 4.62. The van der Waals surface area contributed by atoms with Crippen LogP contribution in [0.25, 0.3) is 11.3 Å². The van der Waals surface area contributed by atoms with E-state index in [1.807, 2.05) is 12.3 Å². The first-order valence-corrected chi connectivity index (χ1v) is 12.0. The first-order valence-electron chi connectivity index (χ1n) is 12.0. The lowest BCUT2D eigenvalue weighted by Gasteiger charge is -2.32. The predicted octanol–water partition coefficient (Wildman–Crippen LogP) is 4.69. The second kappa shape index (κ2) is 8.99. The highest BCUT2D eigenvalue weighted by Crippen LogP contribution is 2.59. The number of hydrogen-bond acceptors (Lipinski definition) is 3. The van der Waals surface area contributed by atoms with E-state index in [2.05, 4.69) is 50.8 Å². The minimum absolute atomic E-state index is 0.240. The largest absolute Gasteiger partial charge is 0.356 e. The summed E-state index contributed by atoms with van der Waals surface area (Å²) in [5, 5.41) is 10.7. The van der Waals surface area contributed by atoms with Gasteiger partial charge in [-0.15, -0.1) is 0 Å². The summed E-state index contributed by atoms with van der Waals surface area (Å²) in [6, 6.07) is 10.4. The molecule has 164 valence electrons. The van der Waals surface area contributed by atoms with Crippen LogP contribution in [0.5, 0.6) is 0 Å². The Bertz CT molecular complexity index is 924. The van der Waals surface area contributed by atoms with Crippen LogP contribution in [-0.2, 0) is 11.3 Å². The van der Waals surface area contributed by atoms with Gasteiger partial charge in [0.25, 0.3) is 0 Å². The molecule has 5 rings (SSSR count). The van der Waals surface area contributed by atoms with Crippen LogP contribution in [-0.4, -0.2) is 40.6 Å². The van der Waals surface area contributed by atoms with Crippen molar-refractivity contribution in [2.45, 2.75) is 57.9 Å². The number of benzene rings is 1. The first-order chi connectivity index (χ1) is 15.2. The molecule has 1 aliphatic heterocycles. The van der Waals surface area contributed by atoms with Crippen molar-refractivity contribution >= 4 is 5.91 Å². The van der Waals surface area contributed by atoms with Crippen LogP contribution in [0.1, 0.15) is 56.9 Å². The molecule has 1 aromatic carbocycles. The molecule has 1 saturated carbocycles. The molecule has 0 radical (unpaired) electrons. The number of likely N-dealkylation sites (tertiary alicyclic amines) is 1. The van der Waals surface area contributed by atoms with Gasteiger partial charge in [0.2, 0.25) is 5.91 Å². The number of nitrogens with zero attached hydrogens (tertiary/aromatic N) is 2. The fourth-order valence-corrected chi connectivity index (χ4v) is 5.56. The maximum Gasteiger partial charge on any atom is 0.223 e. The minimum Gasteiger partial charge on any atom is -0.356 e. The van der Waals surface area contributed by atoms with Gasteiger partial charge in [-0.25, -0.2) is 0 Å². The molecule has 0 unspecified atom stereocenters. The van der Waals surface area contributed by atoms with Gasteiger partial charge in [-0.3, -0.25) is 14.8 Å². The fourth-order valence-electron chi connectivity index (χ4n) is 5.56. The van der Waals surface area contributed by atoms with Crippen molar-refractivity contribution in [3.05, 3.63) is 53.7 Å². The highest BCUT2D eigenvalue weighted by molar-refractivity contribution is 5.82. The summed E-state index contributed by atoms with van der Waals surface area (Å²) in [5.41, 5.74) is 5.37. The molecule has 1 spiro atoms. The number of carbonyl (C=O) groups is 1. The number of rotatable bonds is 7. The summed E-state index contributed by atoms with van der Waals surface area (Å²) in [4.78, 5) is 15.2. The Balaban J connectivity index is 1.09. The van der Waals surface area contributed by atoms with Gasteiger partial charge >= 0.3 is 0 Å². The summed E-state index contributed by atoms with van der Waals surface area (Å²) in [7, 11) is 0. The van der Waals surface area contributed by atoms with E-state index in [1.165, 1.54) is 36.8 Å². The molecule has 3 aliphatic rings. The zero-order valence-electron chi connectivity index (χ0n) is 18.4. The number of aromatic nitrogens is 2. The van der Waals surface area contributed by atoms with Crippen LogP contribution < -0.4 is 5.32 Å². The van der Waals surface area contributed by atoms with Gasteiger partial charge < -0.3 is 5.32 Å². The summed E-state index contributed by atoms with van der Waals surface area (Å²) < 4.78 is 0. The van der Waals surface area contributed by atoms with Gasteiger partial charge in [-0.2, -0.15) is 5.10 Å². The topological polar surface area (TPSA) is 61.0 Å². The molecule has 1 aromatic heterocycles. The van der Waals surface area contributed by atoms with E-state index in [1.54, 1.807) is 5.57 Å². The Morgan fingerprint density at radius 3 is 2.81 bits per heavy atom. The van der Waals surface area contributed by atoms with E-state index >= 15 is 0 Å². The maximum absolute atomic E-state index is 12.7. The highest BCUT2D eigenvalue weighted by Gasteiger charge is 2.58. The third-order valence-corrected chi connectivity index (χ3v) is 7.66. The molecule has 5 heteroatoms. The molecule has 2 heterocycles. The molecule has 0 bridgehead atoms. The summed E-state index contributed by atoms with van der Waals surface area (Å²) in [5.74, 6) is 0.537. The quantitative estimate of drug-likeness (QED) is 0.642. The molecule has 2 fully saturated rings. The zero-order chi connectivity index (χ0) is 21.1. The van der Waals surface area contributed by atoms with Gasteiger partial charge in [0, 0.05) is 24.6 Å². The molecular weight excluding hydrogens is 384 g/mol. The van der Waals surface area contributed by atoms with E-state index in [0.29, 0.717) is 5.91 Å². The lowest BCUT2D eigenvalue weighted by Crippen LogP contribution is -2.37. The van der Waals surface area contributed by atoms with Gasteiger partial charge in [0.05, 0.1) is 11.9 Å². The van der Waals surface area contributed by atoms with Crippen LogP contribution in [0.15, 0.2) is 48.2 Å². The Kier molecular flexibility index (Phi) is 5.95. The first kappa shape index (κ1) is 20.5. The van der Waals surface area contributed by atoms with E-state index in [9.17, 15) is 4.79 Å². The second-order valence-corrected chi connectivity index (χ2v) is 9.68. The average Bonchev–Trinajstić information content (AvgIpc) is 3.32. The van der Waals surface area contributed by atoms with Crippen LogP contribution in [0.2, 0.25) is 0 Å². The smallest absolute Gasteiger partial charge is 0.223 e. The van der Waals surface area contributed by atoms with E-state index < -0.39 is 0 Å². The number of piperidine rings is 1. The van der Waals surface area contributed by atoms with Crippen LogP contribution in [0.4, 0.5) is 0 Å². The van der Waals surface area contributed by atoms with E-state index in [0.717, 1.165) is 57.6 Å². The van der Waals surface area contributed by atoms with Crippen molar-refractivity contribution in [1.29, 1.82) is 0 Å². The molecule has 2 aliphatic carbocycles. The monoisotopic (exact) mass is 418 g/mol. The van der Waals surface area contributed by atoms with Crippen molar-refractivity contribution in [1.82, 2.24) is 20.4 Å². The Hall–Kier alpha value is -2.40. The number of carbonyl (C=O) groups excluding carboxylic acids is 1. The normalized spacial score (nSPS) is 22.8. The van der Waals surface area contributed by atoms with Crippen molar-refractivity contribution in [3.8, 4) is 11.3 Å². The molecule has 2 N–H and O–H groups in total. The molecule has 5 nitrogen and oxygen atoms in total. The van der Waals surface area contributed by atoms with Gasteiger partial charge in [0.1, 0.15) is 0 Å². The standard InChI is InChI=1S/C26H34N4O/c31-25(27-14-11-20-7-3-1-4-8-20)23-17-26(23)12-15-30(16-13-26)19-22-18-28-29-24(22)21-9-5-2-6-10-21/h2,5-7,9-10,18,23H,1,3-4,8,11-17,19H2,(H,27,31)(H,28,29)/t23-/m1/s1. The molecular formula is C26H34N4O. The van der Waals surface area contributed by atoms with Crippen molar-refractivity contribution in [2.75, 3.05) is 19.6 Å². The van der Waals surface area contributed by atoms with E-state index in [-0.39, 0.29) is 11.3 Å². The third-order valence-electron chi connectivity index (χ3n) is 7.66. The van der Waals surface area contributed by atoms with Crippen molar-refractivity contribution in [3.63, 3.8) is 0 Å². The molecule has 2 aromatic rings. The molecule has 1 amide bonds. The lowest BCUT2D eigenvalue weighted by atomic mass is 9.90. The number of H-pyrrole nitrogens is 1. The number of aromatic amines is 1. The van der Waals surface area contributed by atoms with Crippen LogP contribution >= 0.6 is 0 Å². The maximum atomic E-state index is 12.7. The SMILES string of the molecule is O=C(NCCC1=CCCCC1)[C@H]1CC12CCN(Cc1cn[nH]c1-c1ccccc1)CC2. The Labute approximate surface area is 185 Å². The zero-order valence-corrected chi connectivity index (χ0v) is 18.4. The second-order valence-electron chi connectivity index (χ2n) is 9.68. The van der Waals surface area contributed by atoms with Crippen molar-refractivity contribution in [2.24, 2.45) is 11.3 Å². The molecule has 31 heavy (non-hydrogen) atoms. The number of allylic oxidation sites excluding steroid dienone is 1. The summed E-state index contributed by atoms with van der Waals surface area (Å²) >= 11 is 0. The van der Waals surface area contributed by atoms with E-state index in [4.69, 9.17) is 0 Å². The Morgan fingerprint density at radius 1 is 1.19 bits per heavy atom. The van der Waals surface area contributed by atoms with Crippen LogP contribution in [0.3, 0.4) is 0 Å². The average molecular weight is 419 g/mol. The molecule has 1 saturated heterocycles. The van der Waals surface area contributed by atoms with Gasteiger partial charge in [-0.1, -0.05) is 42.0 Å². The minimum atomic E-state index is 0.240. The van der Waals surface area contributed by atoms with Crippen molar-refractivity contribution < 1.29 is 4.79 Å². The molecule has 1 atom stereocenters.